The van der Waals surface area contributed by atoms with Crippen LogP contribution in [0.25, 0.3) is 0 Å². The van der Waals surface area contributed by atoms with E-state index in [2.05, 4.69) is 11.4 Å². The van der Waals surface area contributed by atoms with E-state index < -0.39 is 0 Å². The second-order valence-corrected chi connectivity index (χ2v) is 5.03. The molecule has 2 aromatic carbocycles. The molecule has 2 atom stereocenters. The Morgan fingerprint density at radius 2 is 2.00 bits per heavy atom. The number of aryl methyl sites for hydroxylation is 1. The van der Waals surface area contributed by atoms with E-state index in [0.717, 1.165) is 17.0 Å². The van der Waals surface area contributed by atoms with Crippen molar-refractivity contribution in [2.24, 2.45) is 0 Å². The molecule has 3 rings (SSSR count). The van der Waals surface area contributed by atoms with Gasteiger partial charge in [0.2, 0.25) is 0 Å². The molecule has 98 valence electrons. The summed E-state index contributed by atoms with van der Waals surface area (Å²) in [5.74, 6) is 0.584. The maximum Gasteiger partial charge on any atom is 0.144 e. The zero-order valence-electron chi connectivity index (χ0n) is 11.0. The lowest BCUT2D eigenvalue weighted by molar-refractivity contribution is 0.177. The number of hydrogen-bond donors (Lipinski definition) is 1. The van der Waals surface area contributed by atoms with Crippen molar-refractivity contribution in [3.63, 3.8) is 0 Å². The van der Waals surface area contributed by atoms with Gasteiger partial charge in [-0.05, 0) is 49.2 Å². The van der Waals surface area contributed by atoms with E-state index >= 15 is 0 Å². The second kappa shape index (κ2) is 4.57. The molecule has 0 radical (unpaired) electrons. The maximum absolute atomic E-state index is 13.3. The number of anilines is 1. The highest BCUT2D eigenvalue weighted by atomic mass is 19.1. The van der Waals surface area contributed by atoms with Gasteiger partial charge in [0.05, 0.1) is 11.7 Å². The average Bonchev–Trinajstić information content (AvgIpc) is 2.37. The van der Waals surface area contributed by atoms with E-state index in [0.29, 0.717) is 0 Å². The molecule has 2 aromatic rings. The van der Waals surface area contributed by atoms with Crippen LogP contribution in [0.1, 0.15) is 24.2 Å². The number of rotatable bonds is 1. The van der Waals surface area contributed by atoms with Crippen molar-refractivity contribution in [2.45, 2.75) is 26.0 Å². The molecule has 1 aliphatic rings. The van der Waals surface area contributed by atoms with E-state index in [1.165, 1.54) is 17.7 Å². The Labute approximate surface area is 112 Å². The summed E-state index contributed by atoms with van der Waals surface area (Å²) in [6.45, 7) is 4.09. The van der Waals surface area contributed by atoms with E-state index in [-0.39, 0.29) is 18.0 Å². The summed E-state index contributed by atoms with van der Waals surface area (Å²) in [5, 5.41) is 3.42. The summed E-state index contributed by atoms with van der Waals surface area (Å²) in [6.07, 6.45) is -0.175. The quantitative estimate of drug-likeness (QED) is 0.831. The molecule has 0 saturated carbocycles. The standard InChI is InChI=1S/C16H16FNO/c1-10-6-7-15-14(8-10)18-11(2)16(19-15)12-4-3-5-13(17)9-12/h3-9,11,16,18H,1-2H3. The van der Waals surface area contributed by atoms with Gasteiger partial charge in [0.15, 0.2) is 0 Å². The predicted molar refractivity (Wildman–Crippen MR) is 74.0 cm³/mol. The van der Waals surface area contributed by atoms with Crippen LogP contribution in [-0.2, 0) is 0 Å². The molecule has 1 N–H and O–H groups in total. The maximum atomic E-state index is 13.3. The minimum absolute atomic E-state index is 0.0936. The zero-order chi connectivity index (χ0) is 13.4. The van der Waals surface area contributed by atoms with Gasteiger partial charge in [-0.15, -0.1) is 0 Å². The van der Waals surface area contributed by atoms with Gasteiger partial charge in [0.25, 0.3) is 0 Å². The summed E-state index contributed by atoms with van der Waals surface area (Å²) in [5.41, 5.74) is 3.04. The molecule has 0 spiro atoms. The fourth-order valence-corrected chi connectivity index (χ4v) is 2.46. The Bertz CT molecular complexity index is 611. The predicted octanol–water partition coefficient (Wildman–Crippen LogP) is 4.07. The summed E-state index contributed by atoms with van der Waals surface area (Å²) >= 11 is 0. The van der Waals surface area contributed by atoms with Crippen molar-refractivity contribution in [3.05, 3.63) is 59.4 Å². The van der Waals surface area contributed by atoms with Gasteiger partial charge in [-0.25, -0.2) is 4.39 Å². The molecular formula is C16H16FNO. The summed E-state index contributed by atoms with van der Waals surface area (Å²) < 4.78 is 19.3. The molecule has 0 aromatic heterocycles. The first-order valence-corrected chi connectivity index (χ1v) is 6.43. The van der Waals surface area contributed by atoms with Crippen molar-refractivity contribution >= 4 is 5.69 Å². The molecule has 19 heavy (non-hydrogen) atoms. The van der Waals surface area contributed by atoms with E-state index in [9.17, 15) is 4.39 Å². The lowest BCUT2D eigenvalue weighted by Crippen LogP contribution is -2.32. The molecule has 2 nitrogen and oxygen atoms in total. The van der Waals surface area contributed by atoms with Crippen molar-refractivity contribution < 1.29 is 9.13 Å². The first kappa shape index (κ1) is 12.0. The average molecular weight is 257 g/mol. The normalized spacial score (nSPS) is 21.2. The van der Waals surface area contributed by atoms with Gasteiger partial charge in [-0.1, -0.05) is 18.2 Å². The Morgan fingerprint density at radius 1 is 1.16 bits per heavy atom. The van der Waals surface area contributed by atoms with Crippen LogP contribution >= 0.6 is 0 Å². The number of benzene rings is 2. The molecule has 0 bridgehead atoms. The first-order valence-electron chi connectivity index (χ1n) is 6.43. The topological polar surface area (TPSA) is 21.3 Å². The largest absolute Gasteiger partial charge is 0.481 e. The second-order valence-electron chi connectivity index (χ2n) is 5.03. The van der Waals surface area contributed by atoms with Crippen LogP contribution in [0.4, 0.5) is 10.1 Å². The Hall–Kier alpha value is -2.03. The zero-order valence-corrected chi connectivity index (χ0v) is 11.0. The minimum atomic E-state index is -0.233. The highest BCUT2D eigenvalue weighted by Gasteiger charge is 2.27. The molecule has 1 aliphatic heterocycles. The van der Waals surface area contributed by atoms with Gasteiger partial charge in [-0.2, -0.15) is 0 Å². The Balaban J connectivity index is 1.95. The van der Waals surface area contributed by atoms with Gasteiger partial charge in [0.1, 0.15) is 17.7 Å². The molecule has 3 heteroatoms. The SMILES string of the molecule is Cc1ccc2c(c1)NC(C)C(c1cccc(F)c1)O2. The number of nitrogens with one attached hydrogen (secondary N) is 1. The molecular weight excluding hydrogens is 241 g/mol. The van der Waals surface area contributed by atoms with E-state index in [1.54, 1.807) is 6.07 Å². The van der Waals surface area contributed by atoms with Crippen LogP contribution < -0.4 is 10.1 Å². The molecule has 1 heterocycles. The first-order chi connectivity index (χ1) is 9.13. The third kappa shape index (κ3) is 2.28. The van der Waals surface area contributed by atoms with E-state index in [1.807, 2.05) is 32.0 Å². The summed E-state index contributed by atoms with van der Waals surface area (Å²) in [7, 11) is 0. The smallest absolute Gasteiger partial charge is 0.144 e. The number of fused-ring (bicyclic) bond motifs is 1. The van der Waals surface area contributed by atoms with Gasteiger partial charge in [-0.3, -0.25) is 0 Å². The van der Waals surface area contributed by atoms with Crippen molar-refractivity contribution in [1.82, 2.24) is 0 Å². The highest BCUT2D eigenvalue weighted by Crippen LogP contribution is 2.37. The van der Waals surface area contributed by atoms with Crippen LogP contribution in [0, 0.1) is 12.7 Å². The fourth-order valence-electron chi connectivity index (χ4n) is 2.46. The van der Waals surface area contributed by atoms with E-state index in [4.69, 9.17) is 4.74 Å². The Kier molecular flexibility index (Phi) is 2.90. The third-order valence-electron chi connectivity index (χ3n) is 3.40. The molecule has 2 unspecified atom stereocenters. The van der Waals surface area contributed by atoms with Crippen molar-refractivity contribution in [1.29, 1.82) is 0 Å². The lowest BCUT2D eigenvalue weighted by atomic mass is 10.0. The molecule has 0 amide bonds. The fraction of sp³-hybridized carbons (Fsp3) is 0.250. The number of hydrogen-bond acceptors (Lipinski definition) is 2. The van der Waals surface area contributed by atoms with Crippen LogP contribution in [0.3, 0.4) is 0 Å². The molecule has 0 fully saturated rings. The third-order valence-corrected chi connectivity index (χ3v) is 3.40. The van der Waals surface area contributed by atoms with Crippen LogP contribution in [-0.4, -0.2) is 6.04 Å². The van der Waals surface area contributed by atoms with Crippen molar-refractivity contribution in [2.75, 3.05) is 5.32 Å². The van der Waals surface area contributed by atoms with Crippen LogP contribution in [0.15, 0.2) is 42.5 Å². The van der Waals surface area contributed by atoms with Gasteiger partial charge in [0, 0.05) is 0 Å². The van der Waals surface area contributed by atoms with Crippen LogP contribution in [0.2, 0.25) is 0 Å². The lowest BCUT2D eigenvalue weighted by Gasteiger charge is -2.33. The monoisotopic (exact) mass is 257 g/mol. The Morgan fingerprint density at radius 3 is 2.79 bits per heavy atom. The highest BCUT2D eigenvalue weighted by molar-refractivity contribution is 5.60. The number of ether oxygens (including phenoxy) is 1. The molecule has 0 aliphatic carbocycles. The van der Waals surface area contributed by atoms with Crippen molar-refractivity contribution in [3.8, 4) is 5.75 Å². The minimum Gasteiger partial charge on any atom is -0.481 e. The number of halogens is 1. The van der Waals surface area contributed by atoms with Gasteiger partial charge < -0.3 is 10.1 Å². The van der Waals surface area contributed by atoms with Gasteiger partial charge >= 0.3 is 0 Å². The summed E-state index contributed by atoms with van der Waals surface area (Å²) in [4.78, 5) is 0. The summed E-state index contributed by atoms with van der Waals surface area (Å²) in [6, 6.07) is 12.7. The van der Waals surface area contributed by atoms with Crippen LogP contribution in [0.5, 0.6) is 5.75 Å². The molecule has 0 saturated heterocycles.